The molecule has 1 nitrogen and oxygen atoms in total. The van der Waals surface area contributed by atoms with Crippen LogP contribution in [-0.2, 0) is 0 Å². The minimum absolute atomic E-state index is 0.557. The summed E-state index contributed by atoms with van der Waals surface area (Å²) in [5.74, 6) is 0. The molecule has 1 N–H and O–H groups in total. The fourth-order valence-corrected chi connectivity index (χ4v) is 4.02. The highest BCUT2D eigenvalue weighted by molar-refractivity contribution is 9.11. The van der Waals surface area contributed by atoms with Gasteiger partial charge in [0.2, 0.25) is 0 Å². The third kappa shape index (κ3) is 7.80. The maximum Gasteiger partial charge on any atom is 0.0701 e. The molecule has 0 aliphatic rings. The summed E-state index contributed by atoms with van der Waals surface area (Å²) in [6.45, 7) is 5.64. The van der Waals surface area contributed by atoms with Gasteiger partial charge in [0.15, 0.2) is 0 Å². The van der Waals surface area contributed by atoms with Crippen molar-refractivity contribution >= 4 is 27.3 Å². The van der Waals surface area contributed by atoms with Gasteiger partial charge in [0.05, 0.1) is 3.79 Å². The average molecular weight is 360 g/mol. The first-order chi connectivity index (χ1) is 9.77. The zero-order valence-electron chi connectivity index (χ0n) is 13.1. The van der Waals surface area contributed by atoms with Crippen LogP contribution in [-0.4, -0.2) is 6.54 Å². The van der Waals surface area contributed by atoms with E-state index in [1.807, 2.05) is 11.3 Å². The fraction of sp³-hybridized carbons (Fsp3) is 0.765. The Morgan fingerprint density at radius 3 is 2.30 bits per heavy atom. The minimum atomic E-state index is 0.557. The zero-order valence-corrected chi connectivity index (χ0v) is 15.5. The topological polar surface area (TPSA) is 12.0 Å². The normalized spacial score (nSPS) is 12.8. The lowest BCUT2D eigenvalue weighted by Gasteiger charge is -2.17. The molecule has 0 aromatic carbocycles. The molecule has 0 saturated heterocycles. The van der Waals surface area contributed by atoms with Crippen LogP contribution in [0.5, 0.6) is 0 Å². The maximum atomic E-state index is 3.70. The molecule has 0 aliphatic heterocycles. The number of unbranched alkanes of at least 4 members (excludes halogenated alkanes) is 6. The Hall–Kier alpha value is 0.140. The van der Waals surface area contributed by atoms with Crippen LogP contribution in [0.25, 0.3) is 0 Å². The molecule has 0 saturated carbocycles. The second-order valence-electron chi connectivity index (χ2n) is 5.56. The summed E-state index contributed by atoms with van der Waals surface area (Å²) in [7, 11) is 0. The van der Waals surface area contributed by atoms with E-state index in [4.69, 9.17) is 0 Å². The first-order valence-electron chi connectivity index (χ1n) is 8.26. The fourth-order valence-electron chi connectivity index (χ4n) is 2.48. The molecule has 1 aromatic heterocycles. The lowest BCUT2D eigenvalue weighted by atomic mass is 10.0. The summed E-state index contributed by atoms with van der Waals surface area (Å²) in [5, 5.41) is 3.70. The molecule has 0 radical (unpaired) electrons. The van der Waals surface area contributed by atoms with E-state index >= 15 is 0 Å². The Balaban J connectivity index is 2.23. The van der Waals surface area contributed by atoms with Crippen molar-refractivity contribution in [2.75, 3.05) is 6.54 Å². The highest BCUT2D eigenvalue weighted by Crippen LogP contribution is 2.30. The second kappa shape index (κ2) is 11.8. The molecule has 1 rings (SSSR count). The number of halogens is 1. The smallest absolute Gasteiger partial charge is 0.0701 e. The molecular weight excluding hydrogens is 330 g/mol. The van der Waals surface area contributed by atoms with Crippen molar-refractivity contribution in [3.05, 3.63) is 20.8 Å². The molecule has 1 unspecified atom stereocenters. The van der Waals surface area contributed by atoms with Crippen molar-refractivity contribution < 1.29 is 0 Å². The van der Waals surface area contributed by atoms with E-state index in [9.17, 15) is 0 Å². The summed E-state index contributed by atoms with van der Waals surface area (Å²) < 4.78 is 1.25. The van der Waals surface area contributed by atoms with Gasteiger partial charge in [-0.25, -0.2) is 0 Å². The summed E-state index contributed by atoms with van der Waals surface area (Å²) >= 11 is 5.45. The lowest BCUT2D eigenvalue weighted by molar-refractivity contribution is 0.471. The molecule has 20 heavy (non-hydrogen) atoms. The predicted molar refractivity (Wildman–Crippen MR) is 95.7 cm³/mol. The van der Waals surface area contributed by atoms with Crippen molar-refractivity contribution in [2.24, 2.45) is 0 Å². The second-order valence-corrected chi connectivity index (χ2v) is 8.05. The van der Waals surface area contributed by atoms with E-state index in [0.29, 0.717) is 6.04 Å². The van der Waals surface area contributed by atoms with E-state index in [1.165, 1.54) is 66.5 Å². The molecular formula is C17H30BrNS. The molecule has 0 fully saturated rings. The van der Waals surface area contributed by atoms with Crippen molar-refractivity contribution in [2.45, 2.75) is 77.7 Å². The first kappa shape index (κ1) is 18.2. The first-order valence-corrected chi connectivity index (χ1v) is 9.87. The Kier molecular flexibility index (Phi) is 10.7. The Labute approximate surface area is 137 Å². The van der Waals surface area contributed by atoms with Crippen LogP contribution in [0.1, 0.15) is 82.6 Å². The standard InChI is InChI=1S/C17H30BrNS/c1-3-5-6-7-8-9-10-11-15(19-14-4-2)16-12-13-17(18)20-16/h12-13,15,19H,3-11,14H2,1-2H3. The van der Waals surface area contributed by atoms with Crippen LogP contribution in [0.15, 0.2) is 15.9 Å². The molecule has 0 bridgehead atoms. The quantitative estimate of drug-likeness (QED) is 0.409. The number of hydrogen-bond donors (Lipinski definition) is 1. The SMILES string of the molecule is CCCCCCCCCC(NCCC)c1ccc(Br)s1. The number of rotatable bonds is 12. The van der Waals surface area contributed by atoms with Crippen LogP contribution in [0.3, 0.4) is 0 Å². The van der Waals surface area contributed by atoms with Gasteiger partial charge in [-0.15, -0.1) is 11.3 Å². The van der Waals surface area contributed by atoms with Crippen LogP contribution in [0.2, 0.25) is 0 Å². The van der Waals surface area contributed by atoms with Crippen molar-refractivity contribution in [1.29, 1.82) is 0 Å². The highest BCUT2D eigenvalue weighted by atomic mass is 79.9. The molecule has 0 amide bonds. The van der Waals surface area contributed by atoms with Crippen LogP contribution in [0.4, 0.5) is 0 Å². The van der Waals surface area contributed by atoms with Crippen LogP contribution < -0.4 is 5.32 Å². The van der Waals surface area contributed by atoms with Crippen molar-refractivity contribution in [3.8, 4) is 0 Å². The van der Waals surface area contributed by atoms with Gasteiger partial charge in [0, 0.05) is 10.9 Å². The van der Waals surface area contributed by atoms with Gasteiger partial charge in [0.1, 0.15) is 0 Å². The van der Waals surface area contributed by atoms with Gasteiger partial charge in [-0.05, 0) is 47.4 Å². The summed E-state index contributed by atoms with van der Waals surface area (Å²) in [5.41, 5.74) is 0. The van der Waals surface area contributed by atoms with Crippen molar-refractivity contribution in [3.63, 3.8) is 0 Å². The van der Waals surface area contributed by atoms with Crippen LogP contribution in [0, 0.1) is 0 Å². The number of hydrogen-bond acceptors (Lipinski definition) is 2. The third-order valence-electron chi connectivity index (χ3n) is 3.67. The largest absolute Gasteiger partial charge is 0.309 e. The molecule has 1 heterocycles. The molecule has 0 spiro atoms. The molecule has 116 valence electrons. The summed E-state index contributed by atoms with van der Waals surface area (Å²) in [6.07, 6.45) is 12.2. The zero-order chi connectivity index (χ0) is 14.6. The van der Waals surface area contributed by atoms with E-state index in [1.54, 1.807) is 0 Å². The Morgan fingerprint density at radius 1 is 1.00 bits per heavy atom. The summed E-state index contributed by atoms with van der Waals surface area (Å²) in [6, 6.07) is 5.00. The number of thiophene rings is 1. The number of nitrogens with one attached hydrogen (secondary N) is 1. The molecule has 0 aliphatic carbocycles. The lowest BCUT2D eigenvalue weighted by Crippen LogP contribution is -2.21. The van der Waals surface area contributed by atoms with Crippen LogP contribution >= 0.6 is 27.3 Å². The Morgan fingerprint density at radius 2 is 1.70 bits per heavy atom. The Bertz CT molecular complexity index is 337. The summed E-state index contributed by atoms with van der Waals surface area (Å²) in [4.78, 5) is 1.48. The van der Waals surface area contributed by atoms with Gasteiger partial charge < -0.3 is 5.32 Å². The van der Waals surface area contributed by atoms with E-state index < -0.39 is 0 Å². The van der Waals surface area contributed by atoms with Gasteiger partial charge in [0.25, 0.3) is 0 Å². The highest BCUT2D eigenvalue weighted by Gasteiger charge is 2.12. The predicted octanol–water partition coefficient (Wildman–Crippen LogP) is 6.69. The minimum Gasteiger partial charge on any atom is -0.309 e. The van der Waals surface area contributed by atoms with E-state index in [-0.39, 0.29) is 0 Å². The maximum absolute atomic E-state index is 3.70. The monoisotopic (exact) mass is 359 g/mol. The van der Waals surface area contributed by atoms with Gasteiger partial charge in [-0.3, -0.25) is 0 Å². The van der Waals surface area contributed by atoms with E-state index in [2.05, 4.69) is 47.2 Å². The molecule has 1 aromatic rings. The van der Waals surface area contributed by atoms with Gasteiger partial charge in [-0.2, -0.15) is 0 Å². The van der Waals surface area contributed by atoms with Crippen molar-refractivity contribution in [1.82, 2.24) is 5.32 Å². The molecule has 1 atom stereocenters. The third-order valence-corrected chi connectivity index (χ3v) is 5.41. The molecule has 3 heteroatoms. The van der Waals surface area contributed by atoms with E-state index in [0.717, 1.165) is 6.54 Å². The van der Waals surface area contributed by atoms with Gasteiger partial charge >= 0.3 is 0 Å². The van der Waals surface area contributed by atoms with Gasteiger partial charge in [-0.1, -0.05) is 58.8 Å². The average Bonchev–Trinajstić information content (AvgIpc) is 2.87.